The highest BCUT2D eigenvalue weighted by Gasteiger charge is 2.43. The third kappa shape index (κ3) is 3.26. The van der Waals surface area contributed by atoms with Crippen molar-refractivity contribution in [3.8, 4) is 11.3 Å². The Labute approximate surface area is 170 Å². The molecule has 4 N–H and O–H groups in total. The molecule has 144 valence electrons. The molecule has 1 aromatic heterocycles. The lowest BCUT2D eigenvalue weighted by Gasteiger charge is -2.42. The summed E-state index contributed by atoms with van der Waals surface area (Å²) in [5, 5.41) is 0.964. The topological polar surface area (TPSA) is 81.1 Å². The minimum absolute atomic E-state index is 0.308. The summed E-state index contributed by atoms with van der Waals surface area (Å²) in [6, 6.07) is 5.82. The van der Waals surface area contributed by atoms with Crippen LogP contribution in [-0.4, -0.2) is 29.1 Å². The van der Waals surface area contributed by atoms with E-state index in [1.807, 2.05) is 19.1 Å². The Morgan fingerprint density at radius 1 is 1.15 bits per heavy atom. The average Bonchev–Trinajstić information content (AvgIpc) is 3.00. The standard InChI is InChI=1S/C20H25Cl2N5/c1-12-17(13-4-2-5-14(21)16(13)22)26-18(24)19(25-12)27-10-8-20(9-11-27)7-3-6-15(20)23/h2,4-5,15H,3,6-11,23H2,1H3,(H2,24,26)/t15-/m1/s1. The Balaban J connectivity index is 1.61. The number of aryl methyl sites for hydroxylation is 1. The Morgan fingerprint density at radius 2 is 1.89 bits per heavy atom. The van der Waals surface area contributed by atoms with E-state index < -0.39 is 0 Å². The van der Waals surface area contributed by atoms with Gasteiger partial charge in [-0.25, -0.2) is 9.97 Å². The fourth-order valence-corrected chi connectivity index (χ4v) is 5.04. The Kier molecular flexibility index (Phi) is 4.95. The molecule has 1 aromatic carbocycles. The van der Waals surface area contributed by atoms with Gasteiger partial charge in [-0.1, -0.05) is 41.8 Å². The highest BCUT2D eigenvalue weighted by atomic mass is 35.5. The van der Waals surface area contributed by atoms with Gasteiger partial charge in [-0.05, 0) is 44.1 Å². The molecule has 0 bridgehead atoms. The zero-order chi connectivity index (χ0) is 19.2. The molecule has 1 spiro atoms. The molecular formula is C20H25Cl2N5. The van der Waals surface area contributed by atoms with Crippen LogP contribution >= 0.6 is 23.2 Å². The van der Waals surface area contributed by atoms with E-state index in [0.717, 1.165) is 49.4 Å². The van der Waals surface area contributed by atoms with Crippen molar-refractivity contribution in [3.05, 3.63) is 33.9 Å². The maximum absolute atomic E-state index is 6.40. The fourth-order valence-electron chi connectivity index (χ4n) is 4.65. The number of hydrogen-bond acceptors (Lipinski definition) is 5. The predicted molar refractivity (Wildman–Crippen MR) is 112 cm³/mol. The first-order valence-electron chi connectivity index (χ1n) is 9.50. The number of nitrogens with zero attached hydrogens (tertiary/aromatic N) is 3. The van der Waals surface area contributed by atoms with Gasteiger partial charge in [0.1, 0.15) is 0 Å². The van der Waals surface area contributed by atoms with Crippen LogP contribution in [0.4, 0.5) is 11.6 Å². The first kappa shape index (κ1) is 18.8. The van der Waals surface area contributed by atoms with E-state index in [0.29, 0.717) is 33.0 Å². The van der Waals surface area contributed by atoms with E-state index in [-0.39, 0.29) is 0 Å². The van der Waals surface area contributed by atoms with Gasteiger partial charge in [-0.3, -0.25) is 0 Å². The lowest BCUT2D eigenvalue weighted by atomic mass is 9.74. The molecule has 1 aliphatic heterocycles. The summed E-state index contributed by atoms with van der Waals surface area (Å²) in [6.45, 7) is 3.77. The summed E-state index contributed by atoms with van der Waals surface area (Å²) < 4.78 is 0. The second-order valence-corrected chi connectivity index (χ2v) is 8.60. The molecule has 0 radical (unpaired) electrons. The molecule has 2 aromatic rings. The normalized spacial score (nSPS) is 21.8. The van der Waals surface area contributed by atoms with Crippen molar-refractivity contribution in [1.29, 1.82) is 0 Å². The third-order valence-corrected chi connectivity index (χ3v) is 7.14. The van der Waals surface area contributed by atoms with Gasteiger partial charge in [0.2, 0.25) is 0 Å². The molecule has 0 unspecified atom stereocenters. The van der Waals surface area contributed by atoms with Crippen LogP contribution in [0.5, 0.6) is 0 Å². The second-order valence-electron chi connectivity index (χ2n) is 7.82. The van der Waals surface area contributed by atoms with Gasteiger partial charge in [-0.15, -0.1) is 0 Å². The van der Waals surface area contributed by atoms with E-state index in [4.69, 9.17) is 39.7 Å². The summed E-state index contributed by atoms with van der Waals surface area (Å²) in [6.07, 6.45) is 5.83. The fraction of sp³-hybridized carbons (Fsp3) is 0.500. The average molecular weight is 406 g/mol. The Hall–Kier alpha value is -1.56. The van der Waals surface area contributed by atoms with E-state index in [2.05, 4.69) is 9.88 Å². The molecule has 4 rings (SSSR count). The monoisotopic (exact) mass is 405 g/mol. The van der Waals surface area contributed by atoms with Crippen LogP contribution in [0.3, 0.4) is 0 Å². The lowest BCUT2D eigenvalue weighted by molar-refractivity contribution is 0.197. The summed E-state index contributed by atoms with van der Waals surface area (Å²) >= 11 is 12.5. The molecule has 1 saturated heterocycles. The number of aromatic nitrogens is 2. The summed E-state index contributed by atoms with van der Waals surface area (Å²) in [5.74, 6) is 1.19. The predicted octanol–water partition coefficient (Wildman–Crippen LogP) is 4.44. The number of rotatable bonds is 2. The number of nitrogen functional groups attached to an aromatic ring is 1. The van der Waals surface area contributed by atoms with Crippen molar-refractivity contribution in [2.24, 2.45) is 11.1 Å². The molecule has 2 heterocycles. The summed E-state index contributed by atoms with van der Waals surface area (Å²) in [4.78, 5) is 11.7. The van der Waals surface area contributed by atoms with Gasteiger partial charge in [0.05, 0.1) is 21.4 Å². The molecule has 1 aliphatic carbocycles. The van der Waals surface area contributed by atoms with Crippen LogP contribution in [0.2, 0.25) is 10.0 Å². The number of benzene rings is 1. The van der Waals surface area contributed by atoms with Crippen LogP contribution in [-0.2, 0) is 0 Å². The van der Waals surface area contributed by atoms with Gasteiger partial charge in [0.15, 0.2) is 11.6 Å². The number of halogens is 2. The molecule has 0 amide bonds. The molecule has 5 nitrogen and oxygen atoms in total. The molecular weight excluding hydrogens is 381 g/mol. The van der Waals surface area contributed by atoms with Crippen LogP contribution in [0, 0.1) is 12.3 Å². The largest absolute Gasteiger partial charge is 0.381 e. The second kappa shape index (κ2) is 7.12. The maximum Gasteiger partial charge on any atom is 0.171 e. The van der Waals surface area contributed by atoms with Crippen molar-refractivity contribution >= 4 is 34.8 Å². The number of anilines is 2. The van der Waals surface area contributed by atoms with Crippen molar-refractivity contribution < 1.29 is 0 Å². The highest BCUT2D eigenvalue weighted by Crippen LogP contribution is 2.46. The number of nitrogens with two attached hydrogens (primary N) is 2. The highest BCUT2D eigenvalue weighted by molar-refractivity contribution is 6.43. The van der Waals surface area contributed by atoms with Crippen LogP contribution in [0.25, 0.3) is 11.3 Å². The first-order chi connectivity index (χ1) is 12.9. The van der Waals surface area contributed by atoms with Crippen molar-refractivity contribution in [2.75, 3.05) is 23.7 Å². The quantitative estimate of drug-likeness (QED) is 0.771. The van der Waals surface area contributed by atoms with E-state index in [1.165, 1.54) is 12.8 Å². The maximum atomic E-state index is 6.40. The van der Waals surface area contributed by atoms with Gasteiger partial charge in [0, 0.05) is 24.7 Å². The van der Waals surface area contributed by atoms with Crippen LogP contribution in [0.15, 0.2) is 18.2 Å². The summed E-state index contributed by atoms with van der Waals surface area (Å²) in [5.41, 5.74) is 15.2. The minimum atomic E-state index is 0.308. The molecule has 7 heteroatoms. The van der Waals surface area contributed by atoms with Crippen LogP contribution < -0.4 is 16.4 Å². The number of piperidine rings is 1. The Morgan fingerprint density at radius 3 is 2.56 bits per heavy atom. The van der Waals surface area contributed by atoms with Gasteiger partial charge >= 0.3 is 0 Å². The minimum Gasteiger partial charge on any atom is -0.381 e. The van der Waals surface area contributed by atoms with Crippen LogP contribution in [0.1, 0.15) is 37.8 Å². The van der Waals surface area contributed by atoms with Crippen molar-refractivity contribution in [2.45, 2.75) is 45.1 Å². The SMILES string of the molecule is Cc1nc(N2CCC3(CCC[C@H]3N)CC2)c(N)nc1-c1cccc(Cl)c1Cl. The molecule has 2 fully saturated rings. The first-order valence-corrected chi connectivity index (χ1v) is 10.3. The molecule has 2 aliphatic rings. The van der Waals surface area contributed by atoms with Gasteiger partial charge in [0.25, 0.3) is 0 Å². The lowest BCUT2D eigenvalue weighted by Crippen LogP contribution is -2.47. The van der Waals surface area contributed by atoms with Gasteiger partial charge in [-0.2, -0.15) is 0 Å². The zero-order valence-electron chi connectivity index (χ0n) is 15.5. The zero-order valence-corrected chi connectivity index (χ0v) is 17.0. The smallest absolute Gasteiger partial charge is 0.171 e. The van der Waals surface area contributed by atoms with Gasteiger partial charge < -0.3 is 16.4 Å². The molecule has 27 heavy (non-hydrogen) atoms. The van der Waals surface area contributed by atoms with Crippen molar-refractivity contribution in [3.63, 3.8) is 0 Å². The molecule has 1 saturated carbocycles. The molecule has 1 atom stereocenters. The van der Waals surface area contributed by atoms with E-state index in [1.54, 1.807) is 6.07 Å². The third-order valence-electron chi connectivity index (χ3n) is 6.32. The number of hydrogen-bond donors (Lipinski definition) is 2. The van der Waals surface area contributed by atoms with E-state index in [9.17, 15) is 0 Å². The Bertz CT molecular complexity index is 862. The van der Waals surface area contributed by atoms with E-state index >= 15 is 0 Å². The summed E-state index contributed by atoms with van der Waals surface area (Å²) in [7, 11) is 0. The van der Waals surface area contributed by atoms with Crippen molar-refractivity contribution in [1.82, 2.24) is 9.97 Å².